The zero-order valence-corrected chi connectivity index (χ0v) is 17.7. The third kappa shape index (κ3) is 3.96. The predicted molar refractivity (Wildman–Crippen MR) is 121 cm³/mol. The van der Waals surface area contributed by atoms with Gasteiger partial charge in [-0.15, -0.1) is 0 Å². The standard InChI is InChI=1S/C24H22N4OS/c1-15-3-12-22(30-18-8-6-17(29-2)7-9-18)21(13-15)28-24-19-10-11-20(16-4-5-16)27-23(19)25-14-26-24/h3,6-14,16H,4-5H2,1-2H3,(H,25,26,27,28). The highest BCUT2D eigenvalue weighted by Gasteiger charge is 2.25. The van der Waals surface area contributed by atoms with E-state index in [1.807, 2.05) is 12.1 Å². The van der Waals surface area contributed by atoms with Gasteiger partial charge in [0.05, 0.1) is 18.2 Å². The van der Waals surface area contributed by atoms with E-state index in [4.69, 9.17) is 9.72 Å². The molecule has 30 heavy (non-hydrogen) atoms. The second-order valence-electron chi connectivity index (χ2n) is 7.51. The molecule has 4 aromatic rings. The smallest absolute Gasteiger partial charge is 0.164 e. The van der Waals surface area contributed by atoms with Crippen LogP contribution in [0.25, 0.3) is 11.0 Å². The number of anilines is 2. The zero-order chi connectivity index (χ0) is 20.5. The van der Waals surface area contributed by atoms with Gasteiger partial charge in [-0.1, -0.05) is 17.8 Å². The second-order valence-corrected chi connectivity index (χ2v) is 8.62. The molecule has 0 bridgehead atoms. The van der Waals surface area contributed by atoms with Crippen LogP contribution < -0.4 is 10.1 Å². The molecule has 5 nitrogen and oxygen atoms in total. The van der Waals surface area contributed by atoms with Crippen LogP contribution in [0.4, 0.5) is 11.5 Å². The normalized spacial score (nSPS) is 13.4. The number of methoxy groups -OCH3 is 1. The van der Waals surface area contributed by atoms with Crippen molar-refractivity contribution in [2.75, 3.05) is 12.4 Å². The zero-order valence-electron chi connectivity index (χ0n) is 16.9. The minimum Gasteiger partial charge on any atom is -0.497 e. The summed E-state index contributed by atoms with van der Waals surface area (Å²) in [7, 11) is 1.68. The third-order valence-corrected chi connectivity index (χ3v) is 6.27. The molecule has 6 heteroatoms. The number of hydrogen-bond donors (Lipinski definition) is 1. The number of ether oxygens (including phenoxy) is 1. The number of rotatable bonds is 6. The first-order valence-electron chi connectivity index (χ1n) is 10.0. The van der Waals surface area contributed by atoms with Crippen LogP contribution in [-0.2, 0) is 0 Å². The summed E-state index contributed by atoms with van der Waals surface area (Å²) >= 11 is 1.70. The molecular weight excluding hydrogens is 392 g/mol. The van der Waals surface area contributed by atoms with E-state index < -0.39 is 0 Å². The lowest BCUT2D eigenvalue weighted by atomic mass is 10.2. The average Bonchev–Trinajstić information content (AvgIpc) is 3.61. The van der Waals surface area contributed by atoms with Crippen molar-refractivity contribution in [1.29, 1.82) is 0 Å². The molecule has 2 heterocycles. The fraction of sp³-hybridized carbons (Fsp3) is 0.208. The highest BCUT2D eigenvalue weighted by Crippen LogP contribution is 2.40. The minimum atomic E-state index is 0.602. The van der Waals surface area contributed by atoms with Crippen LogP contribution in [0.5, 0.6) is 5.75 Å². The molecule has 5 rings (SSSR count). The molecule has 0 saturated heterocycles. The molecule has 0 aliphatic heterocycles. The third-order valence-electron chi connectivity index (χ3n) is 5.19. The largest absolute Gasteiger partial charge is 0.497 e. The number of aromatic nitrogens is 3. The topological polar surface area (TPSA) is 59.9 Å². The van der Waals surface area contributed by atoms with Gasteiger partial charge in [-0.05, 0) is 73.9 Å². The Morgan fingerprint density at radius 1 is 1.00 bits per heavy atom. The van der Waals surface area contributed by atoms with Gasteiger partial charge in [0.15, 0.2) is 5.65 Å². The van der Waals surface area contributed by atoms with Crippen LogP contribution in [0.1, 0.15) is 30.0 Å². The van der Waals surface area contributed by atoms with Gasteiger partial charge in [-0.25, -0.2) is 15.0 Å². The van der Waals surface area contributed by atoms with Crippen molar-refractivity contribution < 1.29 is 4.74 Å². The Hall–Kier alpha value is -3.12. The number of hydrogen-bond acceptors (Lipinski definition) is 6. The predicted octanol–water partition coefficient (Wildman–Crippen LogP) is 6.11. The van der Waals surface area contributed by atoms with Crippen LogP contribution in [0.3, 0.4) is 0 Å². The number of benzene rings is 2. The van der Waals surface area contributed by atoms with Gasteiger partial charge in [0, 0.05) is 21.4 Å². The summed E-state index contributed by atoms with van der Waals surface area (Å²) in [5, 5.41) is 4.46. The fourth-order valence-electron chi connectivity index (χ4n) is 3.39. The summed E-state index contributed by atoms with van der Waals surface area (Å²) in [6.45, 7) is 2.09. The Labute approximate surface area is 179 Å². The van der Waals surface area contributed by atoms with Crippen molar-refractivity contribution >= 4 is 34.3 Å². The molecule has 150 valence electrons. The first-order chi connectivity index (χ1) is 14.7. The van der Waals surface area contributed by atoms with Gasteiger partial charge >= 0.3 is 0 Å². The van der Waals surface area contributed by atoms with E-state index in [-0.39, 0.29) is 0 Å². The summed E-state index contributed by atoms with van der Waals surface area (Å²) in [6, 6.07) is 18.7. The van der Waals surface area contributed by atoms with Crippen LogP contribution in [0.2, 0.25) is 0 Å². The molecule has 2 aromatic heterocycles. The van der Waals surface area contributed by atoms with Gasteiger partial charge in [0.1, 0.15) is 17.9 Å². The summed E-state index contributed by atoms with van der Waals surface area (Å²) in [5.41, 5.74) is 4.08. The molecule has 0 spiro atoms. The Bertz CT molecular complexity index is 1210. The number of fused-ring (bicyclic) bond motifs is 1. The highest BCUT2D eigenvalue weighted by molar-refractivity contribution is 7.99. The molecular formula is C24H22N4OS. The van der Waals surface area contributed by atoms with E-state index in [0.29, 0.717) is 5.92 Å². The Morgan fingerprint density at radius 3 is 2.60 bits per heavy atom. The first kappa shape index (κ1) is 18.9. The maximum absolute atomic E-state index is 5.26. The van der Waals surface area contributed by atoms with Crippen molar-refractivity contribution in [3.8, 4) is 5.75 Å². The molecule has 0 atom stereocenters. The van der Waals surface area contributed by atoms with Crippen molar-refractivity contribution in [3.63, 3.8) is 0 Å². The van der Waals surface area contributed by atoms with Gasteiger partial charge < -0.3 is 10.1 Å². The molecule has 2 aromatic carbocycles. The van der Waals surface area contributed by atoms with E-state index in [9.17, 15) is 0 Å². The number of aryl methyl sites for hydroxylation is 1. The molecule has 0 amide bonds. The number of nitrogens with zero attached hydrogens (tertiary/aromatic N) is 3. The minimum absolute atomic E-state index is 0.602. The van der Waals surface area contributed by atoms with E-state index in [0.717, 1.165) is 43.8 Å². The molecule has 0 radical (unpaired) electrons. The average molecular weight is 415 g/mol. The van der Waals surface area contributed by atoms with E-state index in [2.05, 4.69) is 64.7 Å². The Kier molecular flexibility index (Phi) is 5.01. The van der Waals surface area contributed by atoms with E-state index >= 15 is 0 Å². The van der Waals surface area contributed by atoms with Gasteiger partial charge in [0.25, 0.3) is 0 Å². The lowest BCUT2D eigenvalue weighted by molar-refractivity contribution is 0.414. The van der Waals surface area contributed by atoms with Crippen LogP contribution in [0, 0.1) is 6.92 Å². The molecule has 1 N–H and O–H groups in total. The van der Waals surface area contributed by atoms with E-state index in [1.165, 1.54) is 18.4 Å². The molecule has 0 unspecified atom stereocenters. The molecule has 1 aliphatic rings. The van der Waals surface area contributed by atoms with Gasteiger partial charge in [-0.3, -0.25) is 0 Å². The first-order valence-corrected chi connectivity index (χ1v) is 10.8. The lowest BCUT2D eigenvalue weighted by Gasteiger charge is -2.14. The number of pyridine rings is 1. The molecule has 1 aliphatic carbocycles. The maximum Gasteiger partial charge on any atom is 0.164 e. The Balaban J connectivity index is 1.47. The summed E-state index contributed by atoms with van der Waals surface area (Å²) in [5.74, 6) is 2.23. The Morgan fingerprint density at radius 2 is 1.83 bits per heavy atom. The van der Waals surface area contributed by atoms with Crippen molar-refractivity contribution in [2.45, 2.75) is 35.5 Å². The summed E-state index contributed by atoms with van der Waals surface area (Å²) in [4.78, 5) is 15.9. The van der Waals surface area contributed by atoms with Gasteiger partial charge in [-0.2, -0.15) is 0 Å². The van der Waals surface area contributed by atoms with Crippen LogP contribution in [-0.4, -0.2) is 22.1 Å². The fourth-order valence-corrected chi connectivity index (χ4v) is 4.27. The van der Waals surface area contributed by atoms with Crippen LogP contribution >= 0.6 is 11.8 Å². The molecule has 1 fully saturated rings. The van der Waals surface area contributed by atoms with Crippen molar-refractivity contribution in [3.05, 3.63) is 72.2 Å². The molecule has 1 saturated carbocycles. The van der Waals surface area contributed by atoms with Crippen LogP contribution in [0.15, 0.2) is 70.7 Å². The summed E-state index contributed by atoms with van der Waals surface area (Å²) < 4.78 is 5.26. The second kappa shape index (κ2) is 7.95. The SMILES string of the molecule is COc1ccc(Sc2ccc(C)cc2Nc2ncnc3nc(C4CC4)ccc23)cc1. The number of nitrogens with one attached hydrogen (secondary N) is 1. The van der Waals surface area contributed by atoms with Crippen molar-refractivity contribution in [1.82, 2.24) is 15.0 Å². The quantitative estimate of drug-likeness (QED) is 0.410. The van der Waals surface area contributed by atoms with Crippen molar-refractivity contribution in [2.24, 2.45) is 0 Å². The monoisotopic (exact) mass is 414 g/mol. The van der Waals surface area contributed by atoms with Gasteiger partial charge in [0.2, 0.25) is 0 Å². The lowest BCUT2D eigenvalue weighted by Crippen LogP contribution is -2.00. The highest BCUT2D eigenvalue weighted by atomic mass is 32.2. The summed E-state index contributed by atoms with van der Waals surface area (Å²) in [6.07, 6.45) is 4.04. The van der Waals surface area contributed by atoms with E-state index in [1.54, 1.807) is 25.2 Å². The maximum atomic E-state index is 5.26.